The van der Waals surface area contributed by atoms with Crippen LogP contribution in [0.5, 0.6) is 0 Å². The van der Waals surface area contributed by atoms with Gasteiger partial charge in [0.25, 0.3) is 0 Å². The molecule has 5 rings (SSSR count). The normalized spacial score (nSPS) is 17.8. The maximum Gasteiger partial charge on any atom is 0.247 e. The molecule has 7 nitrogen and oxygen atoms in total. The zero-order valence-corrected chi connectivity index (χ0v) is 21.3. The fraction of sp³-hybridized carbons (Fsp3) is 0.379. The van der Waals surface area contributed by atoms with Gasteiger partial charge in [-0.25, -0.2) is 9.97 Å². The minimum Gasteiger partial charge on any atom is -0.342 e. The van der Waals surface area contributed by atoms with Crippen molar-refractivity contribution in [3.05, 3.63) is 60.1 Å². The average Bonchev–Trinajstić information content (AvgIpc) is 3.52. The molecule has 1 fully saturated rings. The minimum atomic E-state index is -0.233. The highest BCUT2D eigenvalue weighted by Gasteiger charge is 2.30. The molecule has 3 heterocycles. The molecule has 0 spiro atoms. The maximum absolute atomic E-state index is 13.0. The van der Waals surface area contributed by atoms with Crippen molar-refractivity contribution in [3.8, 4) is 11.3 Å². The van der Waals surface area contributed by atoms with Gasteiger partial charge in [-0.3, -0.25) is 9.59 Å². The molecule has 2 aliphatic rings. The fourth-order valence-electron chi connectivity index (χ4n) is 5.71. The molecule has 2 amide bonds. The molecule has 1 N–H and O–H groups in total. The first-order valence-corrected chi connectivity index (χ1v) is 12.7. The van der Waals surface area contributed by atoms with Crippen molar-refractivity contribution in [2.24, 2.45) is 13.0 Å². The predicted molar refractivity (Wildman–Crippen MR) is 143 cm³/mol. The number of benzene rings is 1. The van der Waals surface area contributed by atoms with Crippen LogP contribution in [0.3, 0.4) is 0 Å². The number of hydrogen-bond donors (Lipinski definition) is 1. The molecule has 7 heteroatoms. The van der Waals surface area contributed by atoms with Crippen LogP contribution in [0, 0.1) is 19.8 Å². The van der Waals surface area contributed by atoms with Crippen LogP contribution < -0.4 is 5.32 Å². The Labute approximate surface area is 211 Å². The Morgan fingerprint density at radius 3 is 2.61 bits per heavy atom. The topological polar surface area (TPSA) is 80.1 Å². The number of allylic oxidation sites excluding steroid dienone is 2. The van der Waals surface area contributed by atoms with E-state index in [0.717, 1.165) is 90.0 Å². The summed E-state index contributed by atoms with van der Waals surface area (Å²) in [6.07, 6.45) is 9.85. The van der Waals surface area contributed by atoms with Crippen molar-refractivity contribution < 1.29 is 9.59 Å². The Morgan fingerprint density at radius 1 is 1.17 bits per heavy atom. The van der Waals surface area contributed by atoms with E-state index in [0.29, 0.717) is 5.91 Å². The number of carbonyl (C=O) groups excluding carboxylic acids is 2. The smallest absolute Gasteiger partial charge is 0.247 e. The minimum absolute atomic E-state index is 0.0668. The second-order valence-corrected chi connectivity index (χ2v) is 9.90. The molecule has 0 saturated carbocycles. The van der Waals surface area contributed by atoms with Crippen LogP contribution in [0.25, 0.3) is 27.9 Å². The molecule has 0 unspecified atom stereocenters. The lowest BCUT2D eigenvalue weighted by molar-refractivity contribution is -0.134. The van der Waals surface area contributed by atoms with Crippen molar-refractivity contribution in [2.45, 2.75) is 46.0 Å². The average molecular weight is 484 g/mol. The van der Waals surface area contributed by atoms with E-state index in [9.17, 15) is 9.59 Å². The van der Waals surface area contributed by atoms with E-state index in [1.165, 1.54) is 11.6 Å². The standard InChI is InChI=1S/C29H33N5O2/c1-5-24(35)32-22-12-13-23(18(2)16-22)27-26(25-19(3)30-17-31-28(25)33(27)4)20-8-10-21(11-9-20)29(36)34-14-6-7-15-34/h5,8,12-13,16-17,21H,1,6-7,9-11,14-15H2,2-4H3,(H,32,35)/t21-/m1/s1. The van der Waals surface area contributed by atoms with E-state index in [-0.39, 0.29) is 11.8 Å². The van der Waals surface area contributed by atoms with Gasteiger partial charge < -0.3 is 14.8 Å². The first-order chi connectivity index (χ1) is 17.4. The van der Waals surface area contributed by atoms with Gasteiger partial charge in [0.05, 0.1) is 11.4 Å². The van der Waals surface area contributed by atoms with Gasteiger partial charge in [-0.15, -0.1) is 0 Å². The Kier molecular flexibility index (Phi) is 6.48. The largest absolute Gasteiger partial charge is 0.342 e. The summed E-state index contributed by atoms with van der Waals surface area (Å²) in [5, 5.41) is 3.91. The highest BCUT2D eigenvalue weighted by atomic mass is 16.2. The number of aryl methyl sites for hydroxylation is 3. The zero-order chi connectivity index (χ0) is 25.4. The molecular formula is C29H33N5O2. The zero-order valence-electron chi connectivity index (χ0n) is 21.3. The lowest BCUT2D eigenvalue weighted by Crippen LogP contribution is -2.34. The highest BCUT2D eigenvalue weighted by Crippen LogP contribution is 2.43. The third-order valence-corrected chi connectivity index (χ3v) is 7.59. The van der Waals surface area contributed by atoms with E-state index in [1.54, 1.807) is 6.33 Å². The summed E-state index contributed by atoms with van der Waals surface area (Å²) in [6.45, 7) is 9.42. The number of nitrogens with zero attached hydrogens (tertiary/aromatic N) is 4. The number of nitrogens with one attached hydrogen (secondary N) is 1. The summed E-state index contributed by atoms with van der Waals surface area (Å²) in [7, 11) is 2.05. The molecule has 1 aliphatic carbocycles. The number of amides is 2. The van der Waals surface area contributed by atoms with Gasteiger partial charge >= 0.3 is 0 Å². The van der Waals surface area contributed by atoms with Crippen LogP contribution in [0.2, 0.25) is 0 Å². The number of hydrogen-bond acceptors (Lipinski definition) is 4. The number of likely N-dealkylation sites (tertiary alicyclic amines) is 1. The van der Waals surface area contributed by atoms with Crippen molar-refractivity contribution >= 4 is 34.1 Å². The van der Waals surface area contributed by atoms with Crippen LogP contribution in [-0.2, 0) is 16.6 Å². The number of rotatable bonds is 5. The molecule has 2 aromatic heterocycles. The second-order valence-electron chi connectivity index (χ2n) is 9.90. The van der Waals surface area contributed by atoms with Crippen molar-refractivity contribution in [2.75, 3.05) is 18.4 Å². The Morgan fingerprint density at radius 2 is 1.94 bits per heavy atom. The number of fused-ring (bicyclic) bond motifs is 1. The van der Waals surface area contributed by atoms with E-state index in [1.807, 2.05) is 31.0 Å². The molecular weight excluding hydrogens is 450 g/mol. The number of aromatic nitrogens is 3. The van der Waals surface area contributed by atoms with Gasteiger partial charge in [0.1, 0.15) is 12.0 Å². The quantitative estimate of drug-likeness (QED) is 0.507. The van der Waals surface area contributed by atoms with Crippen molar-refractivity contribution in [1.29, 1.82) is 0 Å². The molecule has 0 bridgehead atoms. The third-order valence-electron chi connectivity index (χ3n) is 7.59. The van der Waals surface area contributed by atoms with Gasteiger partial charge in [0.2, 0.25) is 11.8 Å². The van der Waals surface area contributed by atoms with Gasteiger partial charge in [0, 0.05) is 48.3 Å². The Hall–Kier alpha value is -3.74. The van der Waals surface area contributed by atoms with Gasteiger partial charge in [-0.1, -0.05) is 18.7 Å². The monoisotopic (exact) mass is 483 g/mol. The van der Waals surface area contributed by atoms with E-state index in [2.05, 4.69) is 45.5 Å². The molecule has 36 heavy (non-hydrogen) atoms. The number of carbonyl (C=O) groups is 2. The van der Waals surface area contributed by atoms with E-state index >= 15 is 0 Å². The molecule has 1 aromatic carbocycles. The van der Waals surface area contributed by atoms with Crippen molar-refractivity contribution in [1.82, 2.24) is 19.4 Å². The maximum atomic E-state index is 13.0. The van der Waals surface area contributed by atoms with Crippen LogP contribution >= 0.6 is 0 Å². The van der Waals surface area contributed by atoms with E-state index < -0.39 is 0 Å². The summed E-state index contributed by atoms with van der Waals surface area (Å²) in [5.41, 5.74) is 8.20. The number of anilines is 1. The SMILES string of the molecule is C=CC(=O)Nc1ccc(-c2c(C3=CC[C@@H](C(=O)N4CCCC4)CC3)c3c(C)ncnc3n2C)c(C)c1. The van der Waals surface area contributed by atoms with Gasteiger partial charge in [0.15, 0.2) is 0 Å². The molecule has 1 saturated heterocycles. The first-order valence-electron chi connectivity index (χ1n) is 12.7. The lowest BCUT2D eigenvalue weighted by Gasteiger charge is -2.26. The summed E-state index contributed by atoms with van der Waals surface area (Å²) in [5.74, 6) is 0.148. The van der Waals surface area contributed by atoms with Gasteiger partial charge in [-0.05, 0) is 75.3 Å². The predicted octanol–water partition coefficient (Wildman–Crippen LogP) is 5.18. The summed E-state index contributed by atoms with van der Waals surface area (Å²) in [4.78, 5) is 36.0. The highest BCUT2D eigenvalue weighted by molar-refractivity contribution is 6.02. The summed E-state index contributed by atoms with van der Waals surface area (Å²) >= 11 is 0. The van der Waals surface area contributed by atoms with Gasteiger partial charge in [-0.2, -0.15) is 0 Å². The first kappa shape index (κ1) is 24.0. The summed E-state index contributed by atoms with van der Waals surface area (Å²) in [6, 6.07) is 5.96. The Balaban J connectivity index is 1.58. The van der Waals surface area contributed by atoms with Crippen LogP contribution in [-0.4, -0.2) is 44.3 Å². The second kappa shape index (κ2) is 9.72. The van der Waals surface area contributed by atoms with Crippen LogP contribution in [0.1, 0.15) is 48.9 Å². The molecule has 186 valence electrons. The molecule has 1 aliphatic heterocycles. The lowest BCUT2D eigenvalue weighted by atomic mass is 9.84. The van der Waals surface area contributed by atoms with Crippen LogP contribution in [0.4, 0.5) is 5.69 Å². The van der Waals surface area contributed by atoms with Crippen LogP contribution in [0.15, 0.2) is 43.3 Å². The summed E-state index contributed by atoms with van der Waals surface area (Å²) < 4.78 is 2.14. The molecule has 3 aromatic rings. The molecule has 0 radical (unpaired) electrons. The van der Waals surface area contributed by atoms with Crippen molar-refractivity contribution in [3.63, 3.8) is 0 Å². The molecule has 1 atom stereocenters. The fourth-order valence-corrected chi connectivity index (χ4v) is 5.71. The third kappa shape index (κ3) is 4.23. The van der Waals surface area contributed by atoms with E-state index in [4.69, 9.17) is 0 Å². The Bertz CT molecular complexity index is 1390.